The van der Waals surface area contributed by atoms with Crippen molar-refractivity contribution < 1.29 is 9.53 Å². The summed E-state index contributed by atoms with van der Waals surface area (Å²) in [6.45, 7) is 4.44. The summed E-state index contributed by atoms with van der Waals surface area (Å²) in [6, 6.07) is 0. The van der Waals surface area contributed by atoms with E-state index in [2.05, 4.69) is 25.2 Å². The number of nitrogens with zero attached hydrogens (tertiary/aromatic N) is 4. The molecule has 1 aromatic rings. The van der Waals surface area contributed by atoms with Crippen LogP contribution in [-0.2, 0) is 9.53 Å². The lowest BCUT2D eigenvalue weighted by Crippen LogP contribution is -2.31. The Kier molecular flexibility index (Phi) is 5.53. The Bertz CT molecular complexity index is 476. The van der Waals surface area contributed by atoms with Gasteiger partial charge in [0, 0.05) is 19.6 Å². The van der Waals surface area contributed by atoms with Crippen molar-refractivity contribution in [2.24, 2.45) is 0 Å². The van der Waals surface area contributed by atoms with Crippen molar-refractivity contribution in [2.45, 2.75) is 32.6 Å². The van der Waals surface area contributed by atoms with Crippen LogP contribution in [-0.4, -0.2) is 47.2 Å². The van der Waals surface area contributed by atoms with E-state index in [0.717, 1.165) is 25.9 Å². The van der Waals surface area contributed by atoms with Gasteiger partial charge in [0.1, 0.15) is 0 Å². The fourth-order valence-electron chi connectivity index (χ4n) is 2.20. The number of hydrogen-bond donors (Lipinski definition) is 2. The summed E-state index contributed by atoms with van der Waals surface area (Å²) in [7, 11) is 0. The van der Waals surface area contributed by atoms with Gasteiger partial charge in [-0.05, 0) is 26.2 Å². The van der Waals surface area contributed by atoms with E-state index in [4.69, 9.17) is 10.5 Å². The summed E-state index contributed by atoms with van der Waals surface area (Å²) in [6.07, 6.45) is 3.77. The standard InChI is InChI=1S/C13H22N6O2/c1-2-21-10(20)6-7-15-12-16-11(14)17-13(18-12)19-8-4-3-5-9-19/h2-9H2,1H3,(H3,14,15,16,17,18). The van der Waals surface area contributed by atoms with Crippen LogP contribution in [0.5, 0.6) is 0 Å². The van der Waals surface area contributed by atoms with Crippen LogP contribution >= 0.6 is 0 Å². The van der Waals surface area contributed by atoms with Crippen molar-refractivity contribution in [3.8, 4) is 0 Å². The number of aromatic nitrogens is 3. The Hall–Kier alpha value is -2.12. The Morgan fingerprint density at radius 2 is 2.05 bits per heavy atom. The molecule has 1 aromatic heterocycles. The number of nitrogens with two attached hydrogens (primary N) is 1. The summed E-state index contributed by atoms with van der Waals surface area (Å²) in [5, 5.41) is 2.98. The topological polar surface area (TPSA) is 106 Å². The van der Waals surface area contributed by atoms with E-state index < -0.39 is 0 Å². The molecule has 0 aromatic carbocycles. The molecule has 1 aliphatic heterocycles. The number of carbonyl (C=O) groups is 1. The second-order valence-corrected chi connectivity index (χ2v) is 4.85. The van der Waals surface area contributed by atoms with Crippen LogP contribution in [0, 0.1) is 0 Å². The molecule has 0 spiro atoms. The number of hydrogen-bond acceptors (Lipinski definition) is 8. The van der Waals surface area contributed by atoms with E-state index >= 15 is 0 Å². The van der Waals surface area contributed by atoms with E-state index in [0.29, 0.717) is 25.0 Å². The third kappa shape index (κ3) is 4.73. The second-order valence-electron chi connectivity index (χ2n) is 4.85. The molecule has 2 rings (SSSR count). The average molecular weight is 294 g/mol. The third-order valence-electron chi connectivity index (χ3n) is 3.20. The molecule has 0 amide bonds. The molecule has 1 fully saturated rings. The molecule has 0 unspecified atom stereocenters. The van der Waals surface area contributed by atoms with Gasteiger partial charge in [-0.25, -0.2) is 0 Å². The smallest absolute Gasteiger partial charge is 0.307 e. The number of nitrogen functional groups attached to an aromatic ring is 1. The fourth-order valence-corrected chi connectivity index (χ4v) is 2.20. The van der Waals surface area contributed by atoms with Crippen molar-refractivity contribution in [1.82, 2.24) is 15.0 Å². The van der Waals surface area contributed by atoms with Gasteiger partial charge in [0.15, 0.2) is 0 Å². The van der Waals surface area contributed by atoms with Crippen molar-refractivity contribution in [2.75, 3.05) is 42.2 Å². The predicted molar refractivity (Wildman–Crippen MR) is 80.0 cm³/mol. The monoisotopic (exact) mass is 294 g/mol. The molecule has 21 heavy (non-hydrogen) atoms. The minimum atomic E-state index is -0.247. The van der Waals surface area contributed by atoms with Crippen LogP contribution in [0.2, 0.25) is 0 Å². The van der Waals surface area contributed by atoms with Crippen LogP contribution in [0.3, 0.4) is 0 Å². The lowest BCUT2D eigenvalue weighted by Gasteiger charge is -2.26. The number of nitrogens with one attached hydrogen (secondary N) is 1. The molecule has 8 heteroatoms. The Morgan fingerprint density at radius 1 is 1.29 bits per heavy atom. The van der Waals surface area contributed by atoms with E-state index in [1.165, 1.54) is 6.42 Å². The van der Waals surface area contributed by atoms with Crippen LogP contribution in [0.4, 0.5) is 17.8 Å². The largest absolute Gasteiger partial charge is 0.466 e. The first-order valence-electron chi connectivity index (χ1n) is 7.35. The third-order valence-corrected chi connectivity index (χ3v) is 3.20. The lowest BCUT2D eigenvalue weighted by atomic mass is 10.1. The molecule has 1 saturated heterocycles. The molecule has 0 radical (unpaired) electrons. The summed E-state index contributed by atoms with van der Waals surface area (Å²) in [5.74, 6) is 0.931. The Morgan fingerprint density at radius 3 is 2.76 bits per heavy atom. The highest BCUT2D eigenvalue weighted by Gasteiger charge is 2.15. The first-order valence-corrected chi connectivity index (χ1v) is 7.35. The first kappa shape index (κ1) is 15.3. The van der Waals surface area contributed by atoms with Crippen LogP contribution in [0.1, 0.15) is 32.6 Å². The molecule has 0 aliphatic carbocycles. The van der Waals surface area contributed by atoms with Crippen molar-refractivity contribution >= 4 is 23.8 Å². The van der Waals surface area contributed by atoms with Crippen LogP contribution in [0.15, 0.2) is 0 Å². The number of rotatable bonds is 6. The minimum Gasteiger partial charge on any atom is -0.466 e. The highest BCUT2D eigenvalue weighted by molar-refractivity contribution is 5.69. The van der Waals surface area contributed by atoms with Gasteiger partial charge in [0.05, 0.1) is 13.0 Å². The maximum Gasteiger partial charge on any atom is 0.307 e. The summed E-state index contributed by atoms with van der Waals surface area (Å²) < 4.78 is 4.86. The maximum absolute atomic E-state index is 11.3. The molecule has 8 nitrogen and oxygen atoms in total. The molecular formula is C13H22N6O2. The maximum atomic E-state index is 11.3. The van der Waals surface area contributed by atoms with Crippen molar-refractivity contribution in [3.05, 3.63) is 0 Å². The van der Waals surface area contributed by atoms with Crippen molar-refractivity contribution in [1.29, 1.82) is 0 Å². The van der Waals surface area contributed by atoms with Crippen LogP contribution < -0.4 is 16.0 Å². The Labute approximate surface area is 124 Å². The molecule has 2 heterocycles. The Balaban J connectivity index is 1.93. The molecule has 0 bridgehead atoms. The summed E-state index contributed by atoms with van der Waals surface area (Å²) >= 11 is 0. The normalized spacial score (nSPS) is 14.8. The van der Waals surface area contributed by atoms with Gasteiger partial charge < -0.3 is 20.7 Å². The molecule has 1 aliphatic rings. The van der Waals surface area contributed by atoms with Gasteiger partial charge in [-0.15, -0.1) is 0 Å². The SMILES string of the molecule is CCOC(=O)CCNc1nc(N)nc(N2CCCCC2)n1. The van der Waals surface area contributed by atoms with Gasteiger partial charge in [-0.3, -0.25) is 4.79 Å². The number of ether oxygens (including phenoxy) is 1. The zero-order valence-electron chi connectivity index (χ0n) is 12.3. The number of carbonyl (C=O) groups excluding carboxylic acids is 1. The molecule has 0 atom stereocenters. The number of esters is 1. The highest BCUT2D eigenvalue weighted by Crippen LogP contribution is 2.17. The number of anilines is 3. The minimum absolute atomic E-state index is 0.184. The summed E-state index contributed by atoms with van der Waals surface area (Å²) in [5.41, 5.74) is 5.72. The van der Waals surface area contributed by atoms with E-state index in [1.54, 1.807) is 6.92 Å². The van der Waals surface area contributed by atoms with Gasteiger partial charge in [-0.1, -0.05) is 0 Å². The summed E-state index contributed by atoms with van der Waals surface area (Å²) in [4.78, 5) is 26.0. The zero-order valence-corrected chi connectivity index (χ0v) is 12.3. The lowest BCUT2D eigenvalue weighted by molar-refractivity contribution is -0.142. The van der Waals surface area contributed by atoms with Gasteiger partial charge >= 0.3 is 5.97 Å². The first-order chi connectivity index (χ1) is 10.2. The highest BCUT2D eigenvalue weighted by atomic mass is 16.5. The number of piperidine rings is 1. The predicted octanol–water partition coefficient (Wildman–Crippen LogP) is 0.809. The van der Waals surface area contributed by atoms with E-state index in [-0.39, 0.29) is 18.3 Å². The molecule has 116 valence electrons. The fraction of sp³-hybridized carbons (Fsp3) is 0.692. The molecular weight excluding hydrogens is 272 g/mol. The van der Waals surface area contributed by atoms with E-state index in [9.17, 15) is 4.79 Å². The average Bonchev–Trinajstić information content (AvgIpc) is 2.48. The van der Waals surface area contributed by atoms with Gasteiger partial charge in [0.2, 0.25) is 17.8 Å². The quantitative estimate of drug-likeness (QED) is 0.742. The second kappa shape index (κ2) is 7.61. The van der Waals surface area contributed by atoms with Gasteiger partial charge in [-0.2, -0.15) is 15.0 Å². The zero-order chi connectivity index (χ0) is 15.1. The van der Waals surface area contributed by atoms with E-state index in [1.807, 2.05) is 0 Å². The van der Waals surface area contributed by atoms with Gasteiger partial charge in [0.25, 0.3) is 0 Å². The molecule has 3 N–H and O–H groups in total. The molecule has 0 saturated carbocycles. The van der Waals surface area contributed by atoms with Crippen molar-refractivity contribution in [3.63, 3.8) is 0 Å². The van der Waals surface area contributed by atoms with Crippen LogP contribution in [0.25, 0.3) is 0 Å².